The van der Waals surface area contributed by atoms with Gasteiger partial charge in [0.1, 0.15) is 11.9 Å². The lowest BCUT2D eigenvalue weighted by molar-refractivity contribution is -0.141. The normalized spacial score (nSPS) is 25.5. The van der Waals surface area contributed by atoms with Gasteiger partial charge in [-0.3, -0.25) is 9.59 Å². The van der Waals surface area contributed by atoms with E-state index >= 15 is 0 Å². The van der Waals surface area contributed by atoms with Gasteiger partial charge in [0, 0.05) is 49.3 Å². The van der Waals surface area contributed by atoms with Crippen LogP contribution in [0.1, 0.15) is 31.7 Å². The van der Waals surface area contributed by atoms with E-state index in [-0.39, 0.29) is 35.6 Å². The van der Waals surface area contributed by atoms with Gasteiger partial charge in [0.25, 0.3) is 0 Å². The second-order valence-electron chi connectivity index (χ2n) is 8.80. The second-order valence-corrected chi connectivity index (χ2v) is 8.80. The number of amides is 2. The number of fused-ring (bicyclic) bond motifs is 2. The van der Waals surface area contributed by atoms with Crippen LogP contribution in [0.15, 0.2) is 24.4 Å². The third kappa shape index (κ3) is 4.00. The number of nitrogens with zero attached hydrogens (tertiary/aromatic N) is 1. The van der Waals surface area contributed by atoms with E-state index in [2.05, 4.69) is 20.9 Å². The van der Waals surface area contributed by atoms with E-state index < -0.39 is 18.2 Å². The Morgan fingerprint density at radius 1 is 1.31 bits per heavy atom. The lowest BCUT2D eigenvalue weighted by Gasteiger charge is -2.34. The first-order valence-corrected chi connectivity index (χ1v) is 11.2. The molecule has 2 saturated heterocycles. The van der Waals surface area contributed by atoms with Crippen LogP contribution in [0.3, 0.4) is 0 Å². The van der Waals surface area contributed by atoms with Gasteiger partial charge < -0.3 is 30.6 Å². The van der Waals surface area contributed by atoms with Crippen molar-refractivity contribution < 1.29 is 18.7 Å². The van der Waals surface area contributed by atoms with Gasteiger partial charge in [-0.2, -0.15) is 0 Å². The number of carbonyl (C=O) groups is 2. The number of ether oxygens (including phenoxy) is 1. The highest BCUT2D eigenvalue weighted by Gasteiger charge is 2.49. The minimum Gasteiger partial charge on any atom is -0.379 e. The highest BCUT2D eigenvalue weighted by atomic mass is 19.1. The van der Waals surface area contributed by atoms with E-state index in [1.807, 2.05) is 11.1 Å². The summed E-state index contributed by atoms with van der Waals surface area (Å²) in [5.41, 5.74) is 1.82. The second kappa shape index (κ2) is 9.17. The Morgan fingerprint density at radius 3 is 2.81 bits per heavy atom. The fraction of sp³-hybridized carbons (Fsp3) is 0.565. The largest absolute Gasteiger partial charge is 0.379 e. The van der Waals surface area contributed by atoms with Gasteiger partial charge >= 0.3 is 0 Å². The van der Waals surface area contributed by atoms with Crippen molar-refractivity contribution in [2.24, 2.45) is 0 Å². The maximum absolute atomic E-state index is 13.7. The van der Waals surface area contributed by atoms with E-state index in [9.17, 15) is 14.0 Å². The maximum Gasteiger partial charge on any atom is 0.248 e. The third-order valence-electron chi connectivity index (χ3n) is 7.06. The van der Waals surface area contributed by atoms with Crippen molar-refractivity contribution in [2.45, 2.75) is 56.5 Å². The minimum atomic E-state index is -0.777. The molecule has 0 saturated carbocycles. The predicted octanol–water partition coefficient (Wildman–Crippen LogP) is 1.09. The number of methoxy groups -OCH3 is 1. The van der Waals surface area contributed by atoms with Crippen LogP contribution in [0.25, 0.3) is 10.9 Å². The molecule has 2 aliphatic rings. The Balaban J connectivity index is 1.61. The first-order valence-electron chi connectivity index (χ1n) is 11.2. The number of H-pyrrole nitrogens is 1. The quantitative estimate of drug-likeness (QED) is 0.512. The Hall–Kier alpha value is -2.49. The molecular weight excluding hydrogens is 413 g/mol. The molecule has 3 heterocycles. The zero-order chi connectivity index (χ0) is 23.0. The summed E-state index contributed by atoms with van der Waals surface area (Å²) in [6.07, 6.45) is 2.29. The van der Waals surface area contributed by atoms with Gasteiger partial charge in [0.05, 0.1) is 18.2 Å². The van der Waals surface area contributed by atoms with Gasteiger partial charge in [-0.1, -0.05) is 0 Å². The number of nitrogens with one attached hydrogen (secondary N) is 4. The van der Waals surface area contributed by atoms with Gasteiger partial charge in [-0.15, -0.1) is 0 Å². The molecule has 8 nitrogen and oxygen atoms in total. The van der Waals surface area contributed by atoms with Crippen molar-refractivity contribution in [1.29, 1.82) is 0 Å². The van der Waals surface area contributed by atoms with Crippen molar-refractivity contribution in [1.82, 2.24) is 25.8 Å². The average Bonchev–Trinajstić information content (AvgIpc) is 3.50. The molecule has 32 heavy (non-hydrogen) atoms. The number of carbonyl (C=O) groups excluding carboxylic acids is 2. The summed E-state index contributed by atoms with van der Waals surface area (Å²) in [5, 5.41) is 10.3. The molecule has 0 spiro atoms. The van der Waals surface area contributed by atoms with Crippen molar-refractivity contribution in [2.75, 3.05) is 27.2 Å². The van der Waals surface area contributed by atoms with Crippen LogP contribution < -0.4 is 16.0 Å². The van der Waals surface area contributed by atoms with Crippen LogP contribution >= 0.6 is 0 Å². The summed E-state index contributed by atoms with van der Waals surface area (Å²) in [7, 11) is 3.24. The lowest BCUT2D eigenvalue weighted by Crippen LogP contribution is -2.58. The minimum absolute atomic E-state index is 0.0447. The molecule has 1 aromatic carbocycles. The van der Waals surface area contributed by atoms with Crippen LogP contribution in [-0.4, -0.2) is 79.2 Å². The van der Waals surface area contributed by atoms with Gasteiger partial charge in [0.2, 0.25) is 11.8 Å². The van der Waals surface area contributed by atoms with E-state index in [4.69, 9.17) is 4.74 Å². The fourth-order valence-electron chi connectivity index (χ4n) is 5.02. The number of benzene rings is 1. The molecule has 2 aliphatic heterocycles. The molecule has 0 bridgehead atoms. The third-order valence-corrected chi connectivity index (χ3v) is 7.06. The summed E-state index contributed by atoms with van der Waals surface area (Å²) in [6, 6.07) is 3.68. The molecule has 9 heteroatoms. The SMILES string of the molecule is CN[C@@H](C)C(=O)NC(C(=O)N1CC[C@H]2NC[C@H](c3c[nH]c4cc(F)ccc34)[C@H]21)C(C)OC. The first-order chi connectivity index (χ1) is 15.3. The molecule has 2 aromatic rings. The molecule has 4 N–H and O–H groups in total. The fourth-order valence-corrected chi connectivity index (χ4v) is 5.02. The summed E-state index contributed by atoms with van der Waals surface area (Å²) >= 11 is 0. The number of likely N-dealkylation sites (N-methyl/N-ethyl adjacent to an activating group) is 1. The summed E-state index contributed by atoms with van der Waals surface area (Å²) in [5.74, 6) is -0.599. The highest BCUT2D eigenvalue weighted by Crippen LogP contribution is 2.39. The van der Waals surface area contributed by atoms with Crippen molar-refractivity contribution >= 4 is 22.7 Å². The van der Waals surface area contributed by atoms with E-state index in [1.165, 1.54) is 19.2 Å². The molecule has 0 radical (unpaired) electrons. The zero-order valence-electron chi connectivity index (χ0n) is 18.9. The van der Waals surface area contributed by atoms with Crippen LogP contribution in [0, 0.1) is 5.82 Å². The molecule has 4 rings (SSSR count). The van der Waals surface area contributed by atoms with Gasteiger partial charge in [-0.25, -0.2) is 4.39 Å². The number of halogens is 1. The van der Waals surface area contributed by atoms with Crippen LogP contribution in [0.2, 0.25) is 0 Å². The van der Waals surface area contributed by atoms with Crippen LogP contribution in [-0.2, 0) is 14.3 Å². The van der Waals surface area contributed by atoms with E-state index in [1.54, 1.807) is 27.0 Å². The van der Waals surface area contributed by atoms with Gasteiger partial charge in [-0.05, 0) is 51.1 Å². The van der Waals surface area contributed by atoms with Crippen LogP contribution in [0.4, 0.5) is 4.39 Å². The van der Waals surface area contributed by atoms with Crippen molar-refractivity contribution in [3.63, 3.8) is 0 Å². The molecule has 2 amide bonds. The smallest absolute Gasteiger partial charge is 0.248 e. The van der Waals surface area contributed by atoms with E-state index in [0.29, 0.717) is 6.54 Å². The van der Waals surface area contributed by atoms with E-state index in [0.717, 1.165) is 29.4 Å². The number of rotatable bonds is 7. The molecule has 0 aliphatic carbocycles. The Morgan fingerprint density at radius 2 is 2.09 bits per heavy atom. The monoisotopic (exact) mass is 445 g/mol. The number of likely N-dealkylation sites (tertiary alicyclic amines) is 1. The Kier molecular flexibility index (Phi) is 6.50. The van der Waals surface area contributed by atoms with Crippen LogP contribution in [0.5, 0.6) is 0 Å². The molecular formula is C23H32FN5O3. The molecule has 2 fully saturated rings. The molecule has 174 valence electrons. The first kappa shape index (κ1) is 22.7. The summed E-state index contributed by atoms with van der Waals surface area (Å²) in [6.45, 7) is 4.88. The number of aromatic nitrogens is 1. The van der Waals surface area contributed by atoms with Crippen molar-refractivity contribution in [3.05, 3.63) is 35.8 Å². The Labute approximate surface area is 187 Å². The highest BCUT2D eigenvalue weighted by molar-refractivity contribution is 5.91. The summed E-state index contributed by atoms with van der Waals surface area (Å²) < 4.78 is 19.1. The lowest BCUT2D eigenvalue weighted by atomic mass is 9.91. The molecule has 6 atom stereocenters. The standard InChI is InChI=1S/C23H32FN5O3/c1-12(25-3)22(30)28-20(13(2)32-4)23(31)29-8-7-18-21(29)17(11-26-18)16-10-27-19-9-14(24)5-6-15(16)19/h5-6,9-10,12-13,17-18,20-21,25-27H,7-8,11H2,1-4H3,(H,28,30)/t12-,13?,17+,18+,20?,21+/m0/s1. The topological polar surface area (TPSA) is 98.5 Å². The zero-order valence-corrected chi connectivity index (χ0v) is 18.9. The predicted molar refractivity (Wildman–Crippen MR) is 120 cm³/mol. The Bertz CT molecular complexity index is 995. The number of aromatic amines is 1. The molecule has 1 aromatic heterocycles. The number of hydrogen-bond donors (Lipinski definition) is 4. The molecule has 2 unspecified atom stereocenters. The summed E-state index contributed by atoms with van der Waals surface area (Å²) in [4.78, 5) is 31.3. The maximum atomic E-state index is 13.7. The number of hydrogen-bond acceptors (Lipinski definition) is 5. The van der Waals surface area contributed by atoms with Gasteiger partial charge in [0.15, 0.2) is 0 Å². The average molecular weight is 446 g/mol. The van der Waals surface area contributed by atoms with Crippen molar-refractivity contribution in [3.8, 4) is 0 Å².